The van der Waals surface area contributed by atoms with Gasteiger partial charge in [-0.1, -0.05) is 56.3 Å². The summed E-state index contributed by atoms with van der Waals surface area (Å²) in [5, 5.41) is 3.56. The smallest absolute Gasteiger partial charge is 0.259 e. The molecule has 0 spiro atoms. The molecule has 5 nitrogen and oxygen atoms in total. The topological polar surface area (TPSA) is 58.6 Å². The van der Waals surface area contributed by atoms with Crippen LogP contribution in [0.4, 0.5) is 11.4 Å². The zero-order valence-electron chi connectivity index (χ0n) is 21.2. The molecule has 36 heavy (non-hydrogen) atoms. The van der Waals surface area contributed by atoms with Crippen LogP contribution in [-0.4, -0.2) is 17.8 Å². The number of Topliss-reactive ketones (excluding diaryl/α,β-unsaturated/α-hetero) is 1. The number of ketones is 1. The van der Waals surface area contributed by atoms with Gasteiger partial charge in [-0.25, -0.2) is 0 Å². The van der Waals surface area contributed by atoms with Crippen LogP contribution in [0.5, 0.6) is 5.75 Å². The molecule has 3 aromatic rings. The molecular weight excluding hydrogens is 448 g/mol. The van der Waals surface area contributed by atoms with Crippen molar-refractivity contribution < 1.29 is 14.3 Å². The monoisotopic (exact) mass is 480 g/mol. The highest BCUT2D eigenvalue weighted by Crippen LogP contribution is 2.48. The number of fused-ring (bicyclic) bond motifs is 1. The average Bonchev–Trinajstić information content (AvgIpc) is 2.98. The van der Waals surface area contributed by atoms with Crippen LogP contribution >= 0.6 is 0 Å². The summed E-state index contributed by atoms with van der Waals surface area (Å²) in [6.07, 6.45) is 1.21. The summed E-state index contributed by atoms with van der Waals surface area (Å²) in [7, 11) is 0. The van der Waals surface area contributed by atoms with Crippen molar-refractivity contribution in [1.29, 1.82) is 0 Å². The number of nitrogens with zero attached hydrogens (tertiary/aromatic N) is 1. The summed E-state index contributed by atoms with van der Waals surface area (Å²) in [6, 6.07) is 24.3. The second-order valence-electron chi connectivity index (χ2n) is 10.7. The van der Waals surface area contributed by atoms with Gasteiger partial charge in [-0.2, -0.15) is 0 Å². The maximum atomic E-state index is 14.2. The molecule has 0 saturated heterocycles. The molecule has 0 aromatic heterocycles. The number of rotatable bonds is 4. The van der Waals surface area contributed by atoms with Crippen LogP contribution in [0.2, 0.25) is 0 Å². The molecule has 0 radical (unpaired) electrons. The normalized spacial score (nSPS) is 18.8. The van der Waals surface area contributed by atoms with Crippen molar-refractivity contribution in [2.45, 2.75) is 52.7 Å². The summed E-state index contributed by atoms with van der Waals surface area (Å²) in [6.45, 7) is 8.21. The van der Waals surface area contributed by atoms with Crippen molar-refractivity contribution >= 4 is 23.1 Å². The summed E-state index contributed by atoms with van der Waals surface area (Å²) >= 11 is 0. The van der Waals surface area contributed by atoms with Crippen molar-refractivity contribution in [3.05, 3.63) is 101 Å². The lowest BCUT2D eigenvalue weighted by atomic mass is 9.73. The van der Waals surface area contributed by atoms with E-state index < -0.39 is 6.04 Å². The Balaban J connectivity index is 1.74. The van der Waals surface area contributed by atoms with Gasteiger partial charge in [0.15, 0.2) is 5.78 Å². The molecule has 0 fully saturated rings. The highest BCUT2D eigenvalue weighted by atomic mass is 16.5. The minimum absolute atomic E-state index is 0.0532. The zero-order valence-corrected chi connectivity index (χ0v) is 21.2. The lowest BCUT2D eigenvalue weighted by Crippen LogP contribution is -2.39. The van der Waals surface area contributed by atoms with Crippen LogP contribution in [0.15, 0.2) is 90.1 Å². The van der Waals surface area contributed by atoms with E-state index in [4.69, 9.17) is 4.74 Å². The summed E-state index contributed by atoms with van der Waals surface area (Å²) < 4.78 is 5.86. The number of hydrogen-bond acceptors (Lipinski definition) is 4. The third-order valence-corrected chi connectivity index (χ3v) is 6.71. The highest BCUT2D eigenvalue weighted by molar-refractivity contribution is 6.12. The summed E-state index contributed by atoms with van der Waals surface area (Å²) in [5.41, 5.74) is 4.39. The molecule has 1 atom stereocenters. The Morgan fingerprint density at radius 3 is 2.31 bits per heavy atom. The Bertz CT molecular complexity index is 1320. The number of anilines is 2. The number of allylic oxidation sites excluding steroid dienone is 1. The second kappa shape index (κ2) is 9.30. The van der Waals surface area contributed by atoms with Gasteiger partial charge >= 0.3 is 0 Å². The van der Waals surface area contributed by atoms with Gasteiger partial charge in [0, 0.05) is 23.3 Å². The molecule has 1 aliphatic heterocycles. The van der Waals surface area contributed by atoms with Crippen LogP contribution in [0.25, 0.3) is 0 Å². The Labute approximate surface area is 212 Å². The molecule has 2 aliphatic rings. The first-order valence-corrected chi connectivity index (χ1v) is 12.5. The van der Waals surface area contributed by atoms with Gasteiger partial charge in [0.2, 0.25) is 0 Å². The number of carbonyl (C=O) groups excluding carboxylic acids is 2. The molecule has 1 heterocycles. The van der Waals surface area contributed by atoms with Gasteiger partial charge < -0.3 is 10.1 Å². The molecule has 1 amide bonds. The molecule has 1 aliphatic carbocycles. The minimum Gasteiger partial charge on any atom is -0.491 e. The summed E-state index contributed by atoms with van der Waals surface area (Å²) in [4.78, 5) is 29.7. The molecule has 0 saturated carbocycles. The number of amides is 1. The lowest BCUT2D eigenvalue weighted by Gasteiger charge is -2.37. The summed E-state index contributed by atoms with van der Waals surface area (Å²) in [5.74, 6) is 0.677. The first-order valence-electron chi connectivity index (χ1n) is 12.5. The number of nitrogens with one attached hydrogen (secondary N) is 1. The fourth-order valence-electron chi connectivity index (χ4n) is 5.25. The number of para-hydroxylation sites is 2. The molecule has 3 aromatic carbocycles. The van der Waals surface area contributed by atoms with Crippen molar-refractivity contribution in [2.24, 2.45) is 5.41 Å². The van der Waals surface area contributed by atoms with Gasteiger partial charge in [-0.05, 0) is 67.6 Å². The molecule has 0 unspecified atom stereocenters. The number of hydrogen-bond donors (Lipinski definition) is 1. The Kier molecular flexibility index (Phi) is 6.17. The van der Waals surface area contributed by atoms with Crippen LogP contribution in [0.1, 0.15) is 62.5 Å². The van der Waals surface area contributed by atoms with Crippen molar-refractivity contribution in [2.75, 3.05) is 10.2 Å². The van der Waals surface area contributed by atoms with E-state index in [0.717, 1.165) is 34.8 Å². The van der Waals surface area contributed by atoms with Gasteiger partial charge in [-0.15, -0.1) is 0 Å². The van der Waals surface area contributed by atoms with E-state index in [1.54, 1.807) is 4.90 Å². The highest BCUT2D eigenvalue weighted by Gasteiger charge is 2.43. The quantitative estimate of drug-likeness (QED) is 0.440. The standard InChI is InChI=1S/C31H32N2O3/c1-20(2)36-23-16-14-21(15-17-23)29-28-25(18-31(3,4)19-27(28)34)32-24-12-8-9-13-26(24)33(29)30(35)22-10-6-5-7-11-22/h5-17,20,29,32H,18-19H2,1-4H3/t29-/m1/s1. The number of ether oxygens (including phenoxy) is 1. The molecule has 0 bridgehead atoms. The Hall–Kier alpha value is -3.86. The second-order valence-corrected chi connectivity index (χ2v) is 10.7. The van der Waals surface area contributed by atoms with Crippen molar-refractivity contribution in [3.63, 3.8) is 0 Å². The van der Waals surface area contributed by atoms with Crippen molar-refractivity contribution in [3.8, 4) is 5.75 Å². The maximum Gasteiger partial charge on any atom is 0.259 e. The van der Waals surface area contributed by atoms with Gasteiger partial charge in [-0.3, -0.25) is 14.5 Å². The van der Waals surface area contributed by atoms with Crippen molar-refractivity contribution in [1.82, 2.24) is 0 Å². The molecule has 184 valence electrons. The maximum absolute atomic E-state index is 14.2. The van der Waals surface area contributed by atoms with Crippen LogP contribution in [0.3, 0.4) is 0 Å². The number of carbonyl (C=O) groups is 2. The molecule has 1 N–H and O–H groups in total. The predicted molar refractivity (Wildman–Crippen MR) is 143 cm³/mol. The Morgan fingerprint density at radius 2 is 1.61 bits per heavy atom. The van der Waals surface area contributed by atoms with E-state index in [2.05, 4.69) is 19.2 Å². The molecule has 5 heteroatoms. The van der Waals surface area contributed by atoms with Gasteiger partial charge in [0.05, 0.1) is 23.5 Å². The Morgan fingerprint density at radius 1 is 0.944 bits per heavy atom. The van der Waals surface area contributed by atoms with E-state index in [1.807, 2.05) is 92.7 Å². The average molecular weight is 481 g/mol. The predicted octanol–water partition coefficient (Wildman–Crippen LogP) is 6.93. The minimum atomic E-state index is -0.569. The van der Waals surface area contributed by atoms with Crippen LogP contribution < -0.4 is 15.0 Å². The molecular formula is C31H32N2O3. The van der Waals surface area contributed by atoms with E-state index in [0.29, 0.717) is 17.6 Å². The van der Waals surface area contributed by atoms with Crippen LogP contribution in [-0.2, 0) is 4.79 Å². The van der Waals surface area contributed by atoms with E-state index >= 15 is 0 Å². The third-order valence-electron chi connectivity index (χ3n) is 6.71. The third kappa shape index (κ3) is 4.53. The van der Waals surface area contributed by atoms with E-state index in [1.165, 1.54) is 0 Å². The number of benzene rings is 3. The zero-order chi connectivity index (χ0) is 25.4. The van der Waals surface area contributed by atoms with E-state index in [-0.39, 0.29) is 23.2 Å². The lowest BCUT2D eigenvalue weighted by molar-refractivity contribution is -0.118. The first kappa shape index (κ1) is 23.9. The van der Waals surface area contributed by atoms with Gasteiger partial charge in [0.1, 0.15) is 5.75 Å². The fourth-order valence-corrected chi connectivity index (χ4v) is 5.25. The van der Waals surface area contributed by atoms with Crippen LogP contribution in [0, 0.1) is 5.41 Å². The van der Waals surface area contributed by atoms with E-state index in [9.17, 15) is 9.59 Å². The molecule has 5 rings (SSSR count). The largest absolute Gasteiger partial charge is 0.491 e. The fraction of sp³-hybridized carbons (Fsp3) is 0.290. The van der Waals surface area contributed by atoms with Gasteiger partial charge in [0.25, 0.3) is 5.91 Å². The SMILES string of the molecule is CC(C)Oc1ccc([C@@H]2C3=C(CC(C)(C)CC3=O)Nc3ccccc3N2C(=O)c2ccccc2)cc1. The first-order chi connectivity index (χ1) is 17.2.